The van der Waals surface area contributed by atoms with E-state index in [4.69, 9.17) is 4.74 Å². The van der Waals surface area contributed by atoms with Gasteiger partial charge in [0.25, 0.3) is 5.91 Å². The largest absolute Gasteiger partial charge is 0.487 e. The molecule has 4 rings (SSSR count). The molecule has 2 fully saturated rings. The van der Waals surface area contributed by atoms with Crippen molar-refractivity contribution in [3.63, 3.8) is 0 Å². The van der Waals surface area contributed by atoms with Crippen LogP contribution in [0.1, 0.15) is 41.5 Å². The third-order valence-corrected chi connectivity index (χ3v) is 5.86. The number of rotatable bonds is 4. The highest BCUT2D eigenvalue weighted by Crippen LogP contribution is 2.41. The van der Waals surface area contributed by atoms with Crippen LogP contribution in [0.15, 0.2) is 24.3 Å². The number of benzene rings is 1. The van der Waals surface area contributed by atoms with Gasteiger partial charge in [0, 0.05) is 30.3 Å². The van der Waals surface area contributed by atoms with Crippen LogP contribution >= 0.6 is 0 Å². The average Bonchev–Trinajstić information content (AvgIpc) is 3.31. The lowest BCUT2D eigenvalue weighted by Crippen LogP contribution is -2.33. The number of H-pyrrole nitrogens is 1. The average molecular weight is 357 g/mol. The Morgan fingerprint density at radius 2 is 2.15 bits per heavy atom. The van der Waals surface area contributed by atoms with E-state index in [0.717, 1.165) is 37.1 Å². The maximum Gasteiger partial charge on any atom is 0.274 e. The molecule has 6 heteroatoms. The molecule has 1 aliphatic heterocycles. The number of amides is 1. The van der Waals surface area contributed by atoms with Crippen LogP contribution in [-0.2, 0) is 6.42 Å². The van der Waals surface area contributed by atoms with E-state index in [9.17, 15) is 9.18 Å². The molecule has 3 atom stereocenters. The normalized spacial score (nSPS) is 24.7. The van der Waals surface area contributed by atoms with Crippen molar-refractivity contribution in [1.29, 1.82) is 0 Å². The van der Waals surface area contributed by atoms with Crippen LogP contribution in [0.5, 0.6) is 5.75 Å². The van der Waals surface area contributed by atoms with Gasteiger partial charge in [0.1, 0.15) is 6.10 Å². The van der Waals surface area contributed by atoms with E-state index in [2.05, 4.69) is 10.2 Å². The number of nitrogens with zero attached hydrogens (tertiary/aromatic N) is 2. The fourth-order valence-corrected chi connectivity index (χ4v) is 4.37. The Labute approximate surface area is 152 Å². The monoisotopic (exact) mass is 357 g/mol. The second-order valence-electron chi connectivity index (χ2n) is 7.33. The summed E-state index contributed by atoms with van der Waals surface area (Å²) in [6, 6.07) is 6.52. The Morgan fingerprint density at radius 3 is 2.88 bits per heavy atom. The second kappa shape index (κ2) is 6.74. The van der Waals surface area contributed by atoms with Crippen LogP contribution in [0.25, 0.3) is 0 Å². The maximum atomic E-state index is 13.9. The number of ether oxygens (including phenoxy) is 1. The summed E-state index contributed by atoms with van der Waals surface area (Å²) >= 11 is 0. The highest BCUT2D eigenvalue weighted by Gasteiger charge is 2.46. The molecule has 1 N–H and O–H groups in total. The van der Waals surface area contributed by atoms with Crippen molar-refractivity contribution in [2.75, 3.05) is 13.1 Å². The van der Waals surface area contributed by atoms with Crippen molar-refractivity contribution in [3.05, 3.63) is 47.0 Å². The Morgan fingerprint density at radius 1 is 1.35 bits per heavy atom. The first-order valence-electron chi connectivity index (χ1n) is 9.32. The van der Waals surface area contributed by atoms with E-state index < -0.39 is 0 Å². The SMILES string of the molecule is CCc1[nH]nc(C(=O)N2C[C@@H]3CC[C@H](Oc4ccccc4F)[C@@H]3C2)c1C. The zero-order valence-corrected chi connectivity index (χ0v) is 15.2. The van der Waals surface area contributed by atoms with Crippen LogP contribution in [0.3, 0.4) is 0 Å². The van der Waals surface area contributed by atoms with Crippen molar-refractivity contribution in [1.82, 2.24) is 15.1 Å². The molecule has 0 spiro atoms. The lowest BCUT2D eigenvalue weighted by atomic mass is 9.99. The first-order chi connectivity index (χ1) is 12.6. The number of carbonyl (C=O) groups is 1. The number of aryl methyl sites for hydroxylation is 1. The van der Waals surface area contributed by atoms with E-state index >= 15 is 0 Å². The molecular weight excluding hydrogens is 333 g/mol. The minimum Gasteiger partial charge on any atom is -0.487 e. The molecule has 0 radical (unpaired) electrons. The molecule has 1 saturated carbocycles. The summed E-state index contributed by atoms with van der Waals surface area (Å²) in [5.74, 6) is 0.626. The summed E-state index contributed by atoms with van der Waals surface area (Å²) in [7, 11) is 0. The highest BCUT2D eigenvalue weighted by molar-refractivity contribution is 5.94. The Kier molecular flexibility index (Phi) is 4.42. The van der Waals surface area contributed by atoms with Gasteiger partial charge in [-0.25, -0.2) is 4.39 Å². The number of hydrogen-bond acceptors (Lipinski definition) is 3. The third kappa shape index (κ3) is 2.87. The highest BCUT2D eigenvalue weighted by atomic mass is 19.1. The molecule has 2 aliphatic rings. The van der Waals surface area contributed by atoms with E-state index in [0.29, 0.717) is 23.9 Å². The first-order valence-corrected chi connectivity index (χ1v) is 9.32. The summed E-state index contributed by atoms with van der Waals surface area (Å²) in [6.45, 7) is 5.36. The van der Waals surface area contributed by atoms with Crippen molar-refractivity contribution in [2.45, 2.75) is 39.2 Å². The molecule has 1 aromatic carbocycles. The molecule has 0 unspecified atom stereocenters. The molecule has 2 heterocycles. The number of likely N-dealkylation sites (tertiary alicyclic amines) is 1. The summed E-state index contributed by atoms with van der Waals surface area (Å²) in [4.78, 5) is 14.8. The molecule has 1 aliphatic carbocycles. The van der Waals surface area contributed by atoms with Gasteiger partial charge in [-0.3, -0.25) is 9.89 Å². The molecule has 0 bridgehead atoms. The van der Waals surface area contributed by atoms with Crippen LogP contribution < -0.4 is 4.74 Å². The molecule has 1 aromatic heterocycles. The van der Waals surface area contributed by atoms with Gasteiger partial charge in [0.2, 0.25) is 0 Å². The first kappa shape index (κ1) is 17.1. The number of carbonyl (C=O) groups excluding carboxylic acids is 1. The summed E-state index contributed by atoms with van der Waals surface area (Å²) in [5.41, 5.74) is 2.47. The van der Waals surface area contributed by atoms with Gasteiger partial charge in [0.15, 0.2) is 17.3 Å². The molecule has 2 aromatic rings. The lowest BCUT2D eigenvalue weighted by molar-refractivity contribution is 0.0754. The van der Waals surface area contributed by atoms with Crippen LogP contribution in [0.2, 0.25) is 0 Å². The number of aromatic amines is 1. The number of hydrogen-bond donors (Lipinski definition) is 1. The third-order valence-electron chi connectivity index (χ3n) is 5.86. The van der Waals surface area contributed by atoms with Crippen molar-refractivity contribution in [3.8, 4) is 5.75 Å². The van der Waals surface area contributed by atoms with Gasteiger partial charge >= 0.3 is 0 Å². The summed E-state index contributed by atoms with van der Waals surface area (Å²) < 4.78 is 19.9. The number of para-hydroxylation sites is 1. The van der Waals surface area contributed by atoms with E-state index in [1.165, 1.54) is 6.07 Å². The quantitative estimate of drug-likeness (QED) is 0.913. The van der Waals surface area contributed by atoms with Gasteiger partial charge in [0.05, 0.1) is 0 Å². The minimum absolute atomic E-state index is 0.0162. The predicted octanol–water partition coefficient (Wildman–Crippen LogP) is 3.35. The molecule has 26 heavy (non-hydrogen) atoms. The number of fused-ring (bicyclic) bond motifs is 1. The van der Waals surface area contributed by atoms with E-state index in [1.54, 1.807) is 18.2 Å². The predicted molar refractivity (Wildman–Crippen MR) is 95.6 cm³/mol. The minimum atomic E-state index is -0.332. The van der Waals surface area contributed by atoms with Crippen molar-refractivity contribution in [2.24, 2.45) is 11.8 Å². The van der Waals surface area contributed by atoms with Crippen LogP contribution in [0, 0.1) is 24.6 Å². The van der Waals surface area contributed by atoms with Crippen LogP contribution in [0.4, 0.5) is 4.39 Å². The lowest BCUT2D eigenvalue weighted by Gasteiger charge is -2.22. The maximum absolute atomic E-state index is 13.9. The van der Waals surface area contributed by atoms with Gasteiger partial charge in [-0.2, -0.15) is 5.10 Å². The fourth-order valence-electron chi connectivity index (χ4n) is 4.37. The standard InChI is InChI=1S/C20H24FN3O2/c1-3-16-12(2)19(23-22-16)20(25)24-10-13-8-9-17(14(13)11-24)26-18-7-5-4-6-15(18)21/h4-7,13-14,17H,3,8-11H2,1-2H3,(H,22,23)/t13-,14+,17-/m0/s1. The zero-order chi connectivity index (χ0) is 18.3. The van der Waals surface area contributed by atoms with E-state index in [1.807, 2.05) is 18.7 Å². The van der Waals surface area contributed by atoms with Crippen molar-refractivity contribution >= 4 is 5.91 Å². The van der Waals surface area contributed by atoms with Gasteiger partial charge < -0.3 is 9.64 Å². The van der Waals surface area contributed by atoms with Gasteiger partial charge in [-0.05, 0) is 44.2 Å². The molecular formula is C20H24FN3O2. The van der Waals surface area contributed by atoms with E-state index in [-0.39, 0.29) is 23.7 Å². The Balaban J connectivity index is 1.46. The number of nitrogens with one attached hydrogen (secondary N) is 1. The second-order valence-corrected chi connectivity index (χ2v) is 7.33. The Hall–Kier alpha value is -2.37. The van der Waals surface area contributed by atoms with Crippen molar-refractivity contribution < 1.29 is 13.9 Å². The summed E-state index contributed by atoms with van der Waals surface area (Å²) in [6.07, 6.45) is 2.71. The Bertz CT molecular complexity index is 819. The van der Waals surface area contributed by atoms with Crippen LogP contribution in [-0.4, -0.2) is 40.2 Å². The molecule has 1 amide bonds. The number of halogens is 1. The van der Waals surface area contributed by atoms with Gasteiger partial charge in [-0.1, -0.05) is 19.1 Å². The topological polar surface area (TPSA) is 58.2 Å². The van der Waals surface area contributed by atoms with Gasteiger partial charge in [-0.15, -0.1) is 0 Å². The molecule has 138 valence electrons. The number of aromatic nitrogens is 2. The fraction of sp³-hybridized carbons (Fsp3) is 0.500. The summed E-state index contributed by atoms with van der Waals surface area (Å²) in [5, 5.41) is 7.19. The molecule has 1 saturated heterocycles. The molecule has 5 nitrogen and oxygen atoms in total. The zero-order valence-electron chi connectivity index (χ0n) is 15.2. The smallest absolute Gasteiger partial charge is 0.274 e.